The fourth-order valence-corrected chi connectivity index (χ4v) is 0.432. The first-order chi connectivity index (χ1) is 4.59. The smallest absolute Gasteiger partial charge is 0.184 e. The van der Waals surface area contributed by atoms with E-state index in [0.717, 1.165) is 0 Å². The topological polar surface area (TPSA) is 46.5 Å². The van der Waals surface area contributed by atoms with E-state index >= 15 is 0 Å². The maximum absolute atomic E-state index is 10.5. The van der Waals surface area contributed by atoms with Gasteiger partial charge in [0.25, 0.3) is 0 Å². The number of ether oxygens (including phenoxy) is 1. The van der Waals surface area contributed by atoms with Gasteiger partial charge in [-0.05, 0) is 13.8 Å². The zero-order valence-corrected chi connectivity index (χ0v) is 6.26. The summed E-state index contributed by atoms with van der Waals surface area (Å²) in [4.78, 5) is 10.5. The molecule has 0 aliphatic rings. The summed E-state index contributed by atoms with van der Waals surface area (Å²) in [6.07, 6.45) is -1.14. The molecule has 0 bridgehead atoms. The summed E-state index contributed by atoms with van der Waals surface area (Å²) < 4.78 is 4.70. The van der Waals surface area contributed by atoms with Gasteiger partial charge in [-0.25, -0.2) is 0 Å². The Morgan fingerprint density at radius 2 is 2.30 bits per heavy atom. The number of carbonyl (C=O) groups is 1. The Labute approximate surface area is 60.3 Å². The molecule has 0 radical (unpaired) electrons. The van der Waals surface area contributed by atoms with Gasteiger partial charge in [-0.15, -0.1) is 0 Å². The normalized spacial score (nSPS) is 12.7. The Balaban J connectivity index is 3.82. The molecule has 0 aliphatic carbocycles. The summed E-state index contributed by atoms with van der Waals surface area (Å²) in [5.41, 5.74) is 0.0989. The fraction of sp³-hybridized carbons (Fsp3) is 0.571. The molecule has 0 saturated heterocycles. The van der Waals surface area contributed by atoms with Crippen LogP contribution in [0.15, 0.2) is 12.2 Å². The molecule has 0 aromatic rings. The van der Waals surface area contributed by atoms with Gasteiger partial charge in [-0.3, -0.25) is 4.79 Å². The van der Waals surface area contributed by atoms with E-state index < -0.39 is 6.29 Å². The van der Waals surface area contributed by atoms with Gasteiger partial charge < -0.3 is 9.84 Å². The highest BCUT2D eigenvalue weighted by atomic mass is 16.6. The van der Waals surface area contributed by atoms with Gasteiger partial charge in [0.2, 0.25) is 0 Å². The van der Waals surface area contributed by atoms with Crippen LogP contribution in [0.25, 0.3) is 0 Å². The largest absolute Gasteiger partial charge is 0.364 e. The van der Waals surface area contributed by atoms with E-state index in [1.807, 2.05) is 0 Å². The molecule has 0 heterocycles. The highest BCUT2D eigenvalue weighted by Crippen LogP contribution is 2.01. The molecule has 0 spiro atoms. The molecule has 3 nitrogen and oxygen atoms in total. The summed E-state index contributed by atoms with van der Waals surface area (Å²) in [6, 6.07) is 0. The van der Waals surface area contributed by atoms with Gasteiger partial charge in [-0.2, -0.15) is 0 Å². The van der Waals surface area contributed by atoms with Crippen LogP contribution in [0, 0.1) is 0 Å². The minimum absolute atomic E-state index is 0.0989. The molecule has 0 saturated carbocycles. The van der Waals surface area contributed by atoms with Crippen LogP contribution in [-0.2, 0) is 9.53 Å². The molecule has 0 aromatic carbocycles. The van der Waals surface area contributed by atoms with Crippen LogP contribution in [0.5, 0.6) is 0 Å². The minimum atomic E-state index is -1.14. The van der Waals surface area contributed by atoms with E-state index in [1.165, 1.54) is 6.92 Å². The minimum Gasteiger partial charge on any atom is -0.364 e. The Kier molecular flexibility index (Phi) is 3.91. The van der Waals surface area contributed by atoms with Crippen molar-refractivity contribution in [3.63, 3.8) is 0 Å². The second-order valence-corrected chi connectivity index (χ2v) is 1.89. The molecular weight excluding hydrogens is 132 g/mol. The zero-order valence-electron chi connectivity index (χ0n) is 6.26. The van der Waals surface area contributed by atoms with Crippen molar-refractivity contribution in [2.45, 2.75) is 20.1 Å². The monoisotopic (exact) mass is 144 g/mol. The number of aliphatic hydroxyl groups is 1. The van der Waals surface area contributed by atoms with Crippen LogP contribution in [-0.4, -0.2) is 23.8 Å². The number of hydrogen-bond acceptors (Lipinski definition) is 3. The van der Waals surface area contributed by atoms with E-state index in [2.05, 4.69) is 6.58 Å². The Hall–Kier alpha value is -0.670. The van der Waals surface area contributed by atoms with E-state index in [-0.39, 0.29) is 11.4 Å². The highest BCUT2D eigenvalue weighted by Gasteiger charge is 2.11. The number of hydrogen-bond donors (Lipinski definition) is 1. The average Bonchev–Trinajstić information content (AvgIpc) is 1.87. The molecule has 0 amide bonds. The lowest BCUT2D eigenvalue weighted by Crippen LogP contribution is -2.18. The van der Waals surface area contributed by atoms with Crippen molar-refractivity contribution >= 4 is 5.78 Å². The molecule has 3 heteroatoms. The lowest BCUT2D eigenvalue weighted by molar-refractivity contribution is -0.120. The molecule has 1 atom stereocenters. The first kappa shape index (κ1) is 9.33. The van der Waals surface area contributed by atoms with Crippen LogP contribution >= 0.6 is 0 Å². The van der Waals surface area contributed by atoms with Crippen molar-refractivity contribution in [2.75, 3.05) is 6.61 Å². The third-order valence-corrected chi connectivity index (χ3v) is 1.07. The molecule has 10 heavy (non-hydrogen) atoms. The van der Waals surface area contributed by atoms with Crippen LogP contribution in [0.2, 0.25) is 0 Å². The van der Waals surface area contributed by atoms with Crippen molar-refractivity contribution in [1.29, 1.82) is 0 Å². The molecule has 0 aliphatic heterocycles. The molecule has 1 N–H and O–H groups in total. The van der Waals surface area contributed by atoms with E-state index in [0.29, 0.717) is 6.61 Å². The maximum Gasteiger partial charge on any atom is 0.184 e. The van der Waals surface area contributed by atoms with E-state index in [9.17, 15) is 4.79 Å². The molecule has 0 rings (SSSR count). The molecular formula is C7H12O3. The van der Waals surface area contributed by atoms with Crippen molar-refractivity contribution in [1.82, 2.24) is 0 Å². The number of carbonyl (C=O) groups excluding carboxylic acids is 1. The van der Waals surface area contributed by atoms with E-state index in [1.54, 1.807) is 6.92 Å². The summed E-state index contributed by atoms with van der Waals surface area (Å²) in [7, 11) is 0. The van der Waals surface area contributed by atoms with Gasteiger partial charge >= 0.3 is 0 Å². The summed E-state index contributed by atoms with van der Waals surface area (Å²) in [5, 5.41) is 8.95. The second-order valence-electron chi connectivity index (χ2n) is 1.89. The van der Waals surface area contributed by atoms with Gasteiger partial charge in [-0.1, -0.05) is 6.58 Å². The Morgan fingerprint density at radius 1 is 1.80 bits per heavy atom. The second kappa shape index (κ2) is 4.19. The summed E-state index contributed by atoms with van der Waals surface area (Å²) in [6.45, 7) is 6.79. The number of Topliss-reactive ketones (excluding diaryl/α,β-unsaturated/α-hetero) is 1. The first-order valence-electron chi connectivity index (χ1n) is 3.09. The van der Waals surface area contributed by atoms with Crippen LogP contribution in [0.1, 0.15) is 13.8 Å². The molecule has 0 fully saturated rings. The predicted octanol–water partition coefficient (Wildman–Crippen LogP) is 0.486. The van der Waals surface area contributed by atoms with Gasteiger partial charge in [0.1, 0.15) is 0 Å². The first-order valence-corrected chi connectivity index (χ1v) is 3.09. The summed E-state index contributed by atoms with van der Waals surface area (Å²) in [5.74, 6) is -0.249. The maximum atomic E-state index is 10.5. The van der Waals surface area contributed by atoms with Crippen molar-refractivity contribution in [3.8, 4) is 0 Å². The highest BCUT2D eigenvalue weighted by molar-refractivity contribution is 5.93. The van der Waals surface area contributed by atoms with Crippen molar-refractivity contribution in [3.05, 3.63) is 12.2 Å². The average molecular weight is 144 g/mol. The standard InChI is InChI=1S/C7H12O3/c1-4-10-7(9)5(2)6(3)8/h7,9H,2,4H2,1,3H3. The van der Waals surface area contributed by atoms with Gasteiger partial charge in [0.05, 0.1) is 0 Å². The van der Waals surface area contributed by atoms with Crippen molar-refractivity contribution in [2.24, 2.45) is 0 Å². The molecule has 1 unspecified atom stereocenters. The summed E-state index contributed by atoms with van der Waals surface area (Å²) >= 11 is 0. The zero-order chi connectivity index (χ0) is 8.15. The lowest BCUT2D eigenvalue weighted by Gasteiger charge is -2.09. The Morgan fingerprint density at radius 3 is 2.60 bits per heavy atom. The molecule has 58 valence electrons. The third-order valence-electron chi connectivity index (χ3n) is 1.07. The van der Waals surface area contributed by atoms with Gasteiger partial charge in [0.15, 0.2) is 12.1 Å². The number of rotatable bonds is 4. The SMILES string of the molecule is C=C(C(C)=O)C(O)OCC. The molecule has 0 aromatic heterocycles. The predicted molar refractivity (Wildman–Crippen MR) is 37.5 cm³/mol. The number of aliphatic hydroxyl groups excluding tert-OH is 1. The van der Waals surface area contributed by atoms with Crippen LogP contribution < -0.4 is 0 Å². The van der Waals surface area contributed by atoms with E-state index in [4.69, 9.17) is 9.84 Å². The lowest BCUT2D eigenvalue weighted by atomic mass is 10.2. The van der Waals surface area contributed by atoms with Crippen LogP contribution in [0.3, 0.4) is 0 Å². The van der Waals surface area contributed by atoms with Crippen LogP contribution in [0.4, 0.5) is 0 Å². The van der Waals surface area contributed by atoms with Gasteiger partial charge in [0, 0.05) is 12.2 Å². The Bertz CT molecular complexity index is 140. The van der Waals surface area contributed by atoms with Crippen molar-refractivity contribution < 1.29 is 14.6 Å². The number of ketones is 1. The third kappa shape index (κ3) is 2.75. The fourth-order valence-electron chi connectivity index (χ4n) is 0.432. The quantitative estimate of drug-likeness (QED) is 0.461.